The average Bonchev–Trinajstić information content (AvgIpc) is 2.68. The lowest BCUT2D eigenvalue weighted by atomic mass is 10.1. The highest BCUT2D eigenvalue weighted by Gasteiger charge is 2.01. The van der Waals surface area contributed by atoms with Gasteiger partial charge in [-0.1, -0.05) is 36.4 Å². The summed E-state index contributed by atoms with van der Waals surface area (Å²) >= 11 is 0. The highest BCUT2D eigenvalue weighted by atomic mass is 16.1. The molecule has 1 heterocycles. The topological polar surface area (TPSA) is 80.0 Å². The summed E-state index contributed by atoms with van der Waals surface area (Å²) in [5.41, 5.74) is 11.1. The maximum Gasteiger partial charge on any atom is 0.248 e. The second-order valence-electron chi connectivity index (χ2n) is 6.19. The summed E-state index contributed by atoms with van der Waals surface area (Å²) in [6.45, 7) is 2.67. The van der Waals surface area contributed by atoms with Crippen LogP contribution in [0.4, 0.5) is 17.1 Å². The Hall–Kier alpha value is -3.60. The summed E-state index contributed by atoms with van der Waals surface area (Å²) in [6, 6.07) is 19.2. The molecule has 0 aliphatic heterocycles. The lowest BCUT2D eigenvalue weighted by Crippen LogP contribution is -2.09. The monoisotopic (exact) mass is 358 g/mol. The number of benzene rings is 2. The molecule has 5 nitrogen and oxygen atoms in total. The number of rotatable bonds is 6. The van der Waals surface area contributed by atoms with Crippen LogP contribution in [-0.4, -0.2) is 10.9 Å². The zero-order valence-corrected chi connectivity index (χ0v) is 15.1. The molecule has 1 aromatic heterocycles. The van der Waals surface area contributed by atoms with Crippen molar-refractivity contribution in [3.05, 3.63) is 89.8 Å². The van der Waals surface area contributed by atoms with E-state index in [1.165, 1.54) is 6.08 Å². The van der Waals surface area contributed by atoms with Crippen molar-refractivity contribution in [1.82, 2.24) is 4.98 Å². The number of anilines is 3. The van der Waals surface area contributed by atoms with Crippen molar-refractivity contribution in [2.75, 3.05) is 16.4 Å². The lowest BCUT2D eigenvalue weighted by molar-refractivity contribution is -0.111. The Morgan fingerprint density at radius 2 is 1.85 bits per heavy atom. The smallest absolute Gasteiger partial charge is 0.248 e. The largest absolute Gasteiger partial charge is 0.397 e. The van der Waals surface area contributed by atoms with Crippen molar-refractivity contribution in [3.63, 3.8) is 0 Å². The SMILES string of the molecule is Cc1ccc(NCc2ccc(/C=C/C(=O)Nc3ccccc3N)cc2)cn1. The molecule has 3 aromatic rings. The first-order valence-electron chi connectivity index (χ1n) is 8.69. The van der Waals surface area contributed by atoms with Gasteiger partial charge in [0, 0.05) is 18.3 Å². The van der Waals surface area contributed by atoms with Gasteiger partial charge in [-0.25, -0.2) is 0 Å². The molecule has 136 valence electrons. The van der Waals surface area contributed by atoms with Crippen LogP contribution in [0.1, 0.15) is 16.8 Å². The summed E-state index contributed by atoms with van der Waals surface area (Å²) in [4.78, 5) is 16.3. The lowest BCUT2D eigenvalue weighted by Gasteiger charge is -2.07. The molecular weight excluding hydrogens is 336 g/mol. The van der Waals surface area contributed by atoms with E-state index < -0.39 is 0 Å². The third-order valence-corrected chi connectivity index (χ3v) is 4.03. The molecule has 0 saturated heterocycles. The predicted octanol–water partition coefficient (Wildman–Crippen LogP) is 4.24. The number of aryl methyl sites for hydroxylation is 1. The molecule has 0 unspecified atom stereocenters. The van der Waals surface area contributed by atoms with Crippen LogP contribution in [0.2, 0.25) is 0 Å². The molecule has 0 spiro atoms. The Kier molecular flexibility index (Phi) is 5.84. The van der Waals surface area contributed by atoms with Gasteiger partial charge < -0.3 is 16.4 Å². The van der Waals surface area contributed by atoms with Crippen LogP contribution in [0.3, 0.4) is 0 Å². The van der Waals surface area contributed by atoms with E-state index in [0.29, 0.717) is 17.9 Å². The van der Waals surface area contributed by atoms with Crippen molar-refractivity contribution in [2.45, 2.75) is 13.5 Å². The van der Waals surface area contributed by atoms with Gasteiger partial charge in [-0.3, -0.25) is 9.78 Å². The molecule has 0 fully saturated rings. The van der Waals surface area contributed by atoms with Crippen molar-refractivity contribution in [2.24, 2.45) is 0 Å². The number of amides is 1. The molecule has 1 amide bonds. The highest BCUT2D eigenvalue weighted by molar-refractivity contribution is 6.03. The van der Waals surface area contributed by atoms with Crippen LogP contribution in [0.5, 0.6) is 0 Å². The van der Waals surface area contributed by atoms with Gasteiger partial charge in [-0.05, 0) is 48.4 Å². The van der Waals surface area contributed by atoms with Crippen LogP contribution in [0.15, 0.2) is 72.9 Å². The first-order valence-corrected chi connectivity index (χ1v) is 8.69. The van der Waals surface area contributed by atoms with Crippen LogP contribution >= 0.6 is 0 Å². The second kappa shape index (κ2) is 8.67. The Labute approximate surface area is 159 Å². The van der Waals surface area contributed by atoms with Crippen molar-refractivity contribution >= 4 is 29.0 Å². The zero-order chi connectivity index (χ0) is 19.1. The predicted molar refractivity (Wildman–Crippen MR) is 111 cm³/mol. The zero-order valence-electron chi connectivity index (χ0n) is 15.1. The third-order valence-electron chi connectivity index (χ3n) is 4.03. The van der Waals surface area contributed by atoms with Gasteiger partial charge in [0.05, 0.1) is 23.3 Å². The molecule has 0 saturated carbocycles. The molecule has 0 aliphatic rings. The van der Waals surface area contributed by atoms with Crippen LogP contribution < -0.4 is 16.4 Å². The van der Waals surface area contributed by atoms with Gasteiger partial charge >= 0.3 is 0 Å². The fourth-order valence-electron chi connectivity index (χ4n) is 2.48. The molecule has 0 aliphatic carbocycles. The molecule has 4 N–H and O–H groups in total. The number of carbonyl (C=O) groups excluding carboxylic acids is 1. The summed E-state index contributed by atoms with van der Waals surface area (Å²) in [6.07, 6.45) is 5.10. The standard InChI is InChI=1S/C22H22N4O/c1-16-6-12-19(15-24-16)25-14-18-9-7-17(8-10-18)11-13-22(27)26-21-5-3-2-4-20(21)23/h2-13,15,25H,14,23H2,1H3,(H,26,27)/b13-11+. The van der Waals surface area contributed by atoms with E-state index in [0.717, 1.165) is 22.5 Å². The van der Waals surface area contributed by atoms with Gasteiger partial charge in [0.2, 0.25) is 5.91 Å². The maximum atomic E-state index is 12.0. The summed E-state index contributed by atoms with van der Waals surface area (Å²) in [5.74, 6) is -0.217. The van der Waals surface area contributed by atoms with Gasteiger partial charge in [0.1, 0.15) is 0 Å². The van der Waals surface area contributed by atoms with Gasteiger partial charge in [-0.2, -0.15) is 0 Å². The minimum absolute atomic E-state index is 0.217. The molecule has 0 bridgehead atoms. The van der Waals surface area contributed by atoms with E-state index in [9.17, 15) is 4.79 Å². The first-order chi connectivity index (χ1) is 13.1. The van der Waals surface area contributed by atoms with Crippen LogP contribution in [0.25, 0.3) is 6.08 Å². The van der Waals surface area contributed by atoms with Gasteiger partial charge in [0.25, 0.3) is 0 Å². The molecule has 2 aromatic carbocycles. The number of nitrogens with zero attached hydrogens (tertiary/aromatic N) is 1. The van der Waals surface area contributed by atoms with Crippen LogP contribution in [-0.2, 0) is 11.3 Å². The van der Waals surface area contributed by atoms with Crippen molar-refractivity contribution in [3.8, 4) is 0 Å². The van der Waals surface area contributed by atoms with Gasteiger partial charge in [-0.15, -0.1) is 0 Å². The molecular formula is C22H22N4O. The Morgan fingerprint density at radius 3 is 2.56 bits per heavy atom. The molecule has 0 radical (unpaired) electrons. The number of aromatic nitrogens is 1. The number of nitrogen functional groups attached to an aromatic ring is 1. The minimum Gasteiger partial charge on any atom is -0.397 e. The Balaban J connectivity index is 1.53. The number of hydrogen-bond acceptors (Lipinski definition) is 4. The van der Waals surface area contributed by atoms with E-state index >= 15 is 0 Å². The third kappa shape index (κ3) is 5.44. The number of carbonyl (C=O) groups is 1. The number of nitrogens with two attached hydrogens (primary N) is 1. The second-order valence-corrected chi connectivity index (χ2v) is 6.19. The normalized spacial score (nSPS) is 10.7. The van der Waals surface area contributed by atoms with Crippen molar-refractivity contribution < 1.29 is 4.79 Å². The molecule has 5 heteroatoms. The Bertz CT molecular complexity index is 931. The van der Waals surface area contributed by atoms with E-state index in [1.807, 2.05) is 61.7 Å². The summed E-state index contributed by atoms with van der Waals surface area (Å²) in [5, 5.41) is 6.10. The van der Waals surface area contributed by atoms with E-state index in [4.69, 9.17) is 5.73 Å². The number of nitrogens with one attached hydrogen (secondary N) is 2. The van der Waals surface area contributed by atoms with E-state index in [2.05, 4.69) is 15.6 Å². The van der Waals surface area contributed by atoms with Crippen molar-refractivity contribution in [1.29, 1.82) is 0 Å². The average molecular weight is 358 g/mol. The fourth-order valence-corrected chi connectivity index (χ4v) is 2.48. The minimum atomic E-state index is -0.217. The fraction of sp³-hybridized carbons (Fsp3) is 0.0909. The molecule has 3 rings (SSSR count). The number of para-hydroxylation sites is 2. The van der Waals surface area contributed by atoms with Crippen LogP contribution in [0, 0.1) is 6.92 Å². The van der Waals surface area contributed by atoms with E-state index in [-0.39, 0.29) is 5.91 Å². The summed E-state index contributed by atoms with van der Waals surface area (Å²) in [7, 11) is 0. The first kappa shape index (κ1) is 18.2. The quantitative estimate of drug-likeness (QED) is 0.455. The van der Waals surface area contributed by atoms with Gasteiger partial charge in [0.15, 0.2) is 0 Å². The Morgan fingerprint density at radius 1 is 1.07 bits per heavy atom. The summed E-state index contributed by atoms with van der Waals surface area (Å²) < 4.78 is 0. The molecule has 0 atom stereocenters. The maximum absolute atomic E-state index is 12.0. The number of hydrogen-bond donors (Lipinski definition) is 3. The molecule has 27 heavy (non-hydrogen) atoms. The van der Waals surface area contributed by atoms with E-state index in [1.54, 1.807) is 18.2 Å². The highest BCUT2D eigenvalue weighted by Crippen LogP contribution is 2.16. The number of pyridine rings is 1.